The summed E-state index contributed by atoms with van der Waals surface area (Å²) in [6.45, 7) is 0. The molecular formula is C14H13N3. The second kappa shape index (κ2) is 3.87. The number of para-hydroxylation sites is 1. The zero-order valence-electron chi connectivity index (χ0n) is 9.27. The summed E-state index contributed by atoms with van der Waals surface area (Å²) in [5.74, 6) is 0.982. The predicted molar refractivity (Wildman–Crippen MR) is 72.4 cm³/mol. The van der Waals surface area contributed by atoms with Crippen LogP contribution in [0.25, 0.3) is 10.9 Å². The number of H-pyrrole nitrogens is 1. The molecule has 3 heteroatoms. The summed E-state index contributed by atoms with van der Waals surface area (Å²) in [5, 5.41) is 4.51. The standard InChI is InChI=1S/C14H13N3/c15-11-5-7-12(8-6-11)16-14-9-10-3-1-2-4-13(10)17-14/h1-9,16-17H,15H2. The molecule has 2 aromatic carbocycles. The monoisotopic (exact) mass is 223 g/mol. The number of aromatic nitrogens is 1. The molecule has 3 nitrogen and oxygen atoms in total. The summed E-state index contributed by atoms with van der Waals surface area (Å²) < 4.78 is 0. The molecule has 84 valence electrons. The van der Waals surface area contributed by atoms with Crippen LogP contribution < -0.4 is 11.1 Å². The minimum absolute atomic E-state index is 0.771. The van der Waals surface area contributed by atoms with E-state index in [-0.39, 0.29) is 0 Å². The molecule has 0 unspecified atom stereocenters. The maximum Gasteiger partial charge on any atom is 0.108 e. The van der Waals surface area contributed by atoms with Crippen LogP contribution in [0.1, 0.15) is 0 Å². The van der Waals surface area contributed by atoms with Gasteiger partial charge >= 0.3 is 0 Å². The largest absolute Gasteiger partial charge is 0.399 e. The van der Waals surface area contributed by atoms with Crippen molar-refractivity contribution in [3.63, 3.8) is 0 Å². The second-order valence-corrected chi connectivity index (χ2v) is 4.02. The van der Waals surface area contributed by atoms with Gasteiger partial charge in [0, 0.05) is 22.3 Å². The maximum absolute atomic E-state index is 5.65. The van der Waals surface area contributed by atoms with Gasteiger partial charge in [0.25, 0.3) is 0 Å². The van der Waals surface area contributed by atoms with Gasteiger partial charge in [0.05, 0.1) is 0 Å². The molecule has 17 heavy (non-hydrogen) atoms. The number of hydrogen-bond donors (Lipinski definition) is 3. The molecule has 0 aliphatic carbocycles. The lowest BCUT2D eigenvalue weighted by Crippen LogP contribution is -1.90. The fourth-order valence-corrected chi connectivity index (χ4v) is 1.86. The fraction of sp³-hybridized carbons (Fsp3) is 0. The van der Waals surface area contributed by atoms with Gasteiger partial charge in [-0.3, -0.25) is 0 Å². The van der Waals surface area contributed by atoms with E-state index in [2.05, 4.69) is 28.5 Å². The minimum atomic E-state index is 0.771. The molecule has 0 saturated heterocycles. The minimum Gasteiger partial charge on any atom is -0.399 e. The molecule has 4 N–H and O–H groups in total. The summed E-state index contributed by atoms with van der Waals surface area (Å²) in [4.78, 5) is 3.32. The first-order valence-electron chi connectivity index (χ1n) is 5.51. The van der Waals surface area contributed by atoms with Gasteiger partial charge in [0.1, 0.15) is 5.82 Å². The molecule has 0 aliphatic heterocycles. The first-order valence-corrected chi connectivity index (χ1v) is 5.51. The van der Waals surface area contributed by atoms with Crippen molar-refractivity contribution >= 4 is 28.1 Å². The van der Waals surface area contributed by atoms with Gasteiger partial charge < -0.3 is 16.0 Å². The molecule has 0 amide bonds. The molecule has 3 rings (SSSR count). The zero-order chi connectivity index (χ0) is 11.7. The Labute approximate surface area is 99.3 Å². The Bertz CT molecular complexity index is 605. The lowest BCUT2D eigenvalue weighted by Gasteiger charge is -2.03. The van der Waals surface area contributed by atoms with Gasteiger partial charge in [-0.25, -0.2) is 0 Å². The van der Waals surface area contributed by atoms with Crippen LogP contribution in [0.4, 0.5) is 17.2 Å². The van der Waals surface area contributed by atoms with Crippen LogP contribution in [0.3, 0.4) is 0 Å². The number of hydrogen-bond acceptors (Lipinski definition) is 2. The quantitative estimate of drug-likeness (QED) is 0.582. The van der Waals surface area contributed by atoms with Gasteiger partial charge in [-0.1, -0.05) is 18.2 Å². The van der Waals surface area contributed by atoms with Gasteiger partial charge in [0.2, 0.25) is 0 Å². The molecule has 3 aromatic rings. The third kappa shape index (κ3) is 1.95. The molecule has 1 aromatic heterocycles. The zero-order valence-corrected chi connectivity index (χ0v) is 9.27. The molecular weight excluding hydrogens is 210 g/mol. The van der Waals surface area contributed by atoms with Crippen molar-refractivity contribution in [3.05, 3.63) is 54.6 Å². The van der Waals surface area contributed by atoms with Gasteiger partial charge in [-0.2, -0.15) is 0 Å². The van der Waals surface area contributed by atoms with Gasteiger partial charge in [-0.15, -0.1) is 0 Å². The summed E-state index contributed by atoms with van der Waals surface area (Å²) in [6.07, 6.45) is 0. The number of nitrogens with one attached hydrogen (secondary N) is 2. The van der Waals surface area contributed by atoms with E-state index in [1.807, 2.05) is 36.4 Å². The Morgan fingerprint density at radius 3 is 2.47 bits per heavy atom. The van der Waals surface area contributed by atoms with Crippen LogP contribution >= 0.6 is 0 Å². The fourth-order valence-electron chi connectivity index (χ4n) is 1.86. The number of aromatic amines is 1. The summed E-state index contributed by atoms with van der Waals surface area (Å²) in [6, 6.07) is 18.0. The van der Waals surface area contributed by atoms with Crippen molar-refractivity contribution in [1.82, 2.24) is 4.98 Å². The van der Waals surface area contributed by atoms with E-state index in [4.69, 9.17) is 5.73 Å². The smallest absolute Gasteiger partial charge is 0.108 e. The van der Waals surface area contributed by atoms with Crippen LogP contribution in [0.15, 0.2) is 54.6 Å². The summed E-state index contributed by atoms with van der Waals surface area (Å²) >= 11 is 0. The molecule has 0 fully saturated rings. The molecule has 0 atom stereocenters. The average molecular weight is 223 g/mol. The third-order valence-electron chi connectivity index (χ3n) is 2.72. The average Bonchev–Trinajstić information content (AvgIpc) is 2.74. The number of anilines is 3. The lowest BCUT2D eigenvalue weighted by molar-refractivity contribution is 1.42. The van der Waals surface area contributed by atoms with Gasteiger partial charge in [0.15, 0.2) is 0 Å². The third-order valence-corrected chi connectivity index (χ3v) is 2.72. The molecule has 0 spiro atoms. The second-order valence-electron chi connectivity index (χ2n) is 4.02. The van der Waals surface area contributed by atoms with Crippen molar-refractivity contribution in [2.75, 3.05) is 11.1 Å². The maximum atomic E-state index is 5.65. The molecule has 1 heterocycles. The number of benzene rings is 2. The van der Waals surface area contributed by atoms with Crippen LogP contribution in [0, 0.1) is 0 Å². The van der Waals surface area contributed by atoms with Crippen molar-refractivity contribution in [2.45, 2.75) is 0 Å². The highest BCUT2D eigenvalue weighted by atomic mass is 15.0. The predicted octanol–water partition coefficient (Wildman–Crippen LogP) is 3.49. The molecule has 0 radical (unpaired) electrons. The molecule has 0 bridgehead atoms. The number of nitrogens with two attached hydrogens (primary N) is 1. The number of nitrogen functional groups attached to an aromatic ring is 1. The number of rotatable bonds is 2. The first kappa shape index (κ1) is 9.78. The van der Waals surface area contributed by atoms with E-state index >= 15 is 0 Å². The van der Waals surface area contributed by atoms with Crippen molar-refractivity contribution < 1.29 is 0 Å². The van der Waals surface area contributed by atoms with E-state index in [1.54, 1.807) is 0 Å². The molecule has 0 aliphatic rings. The Kier molecular flexibility index (Phi) is 2.22. The highest BCUT2D eigenvalue weighted by Crippen LogP contribution is 2.22. The van der Waals surface area contributed by atoms with E-state index in [9.17, 15) is 0 Å². The SMILES string of the molecule is Nc1ccc(Nc2cc3ccccc3[nH]2)cc1. The topological polar surface area (TPSA) is 53.8 Å². The lowest BCUT2D eigenvalue weighted by atomic mass is 10.2. The Balaban J connectivity index is 1.92. The van der Waals surface area contributed by atoms with Crippen LogP contribution in [0.5, 0.6) is 0 Å². The summed E-state index contributed by atoms with van der Waals surface area (Å²) in [5.41, 5.74) is 8.57. The van der Waals surface area contributed by atoms with Gasteiger partial charge in [-0.05, 0) is 36.4 Å². The normalized spacial score (nSPS) is 10.6. The first-order chi connectivity index (χ1) is 8.31. The van der Waals surface area contributed by atoms with Crippen LogP contribution in [0.2, 0.25) is 0 Å². The van der Waals surface area contributed by atoms with Crippen LogP contribution in [-0.4, -0.2) is 4.98 Å². The molecule has 0 saturated carbocycles. The highest BCUT2D eigenvalue weighted by molar-refractivity contribution is 5.84. The highest BCUT2D eigenvalue weighted by Gasteiger charge is 1.99. The Morgan fingerprint density at radius 2 is 1.71 bits per heavy atom. The Hall–Kier alpha value is -2.42. The van der Waals surface area contributed by atoms with Crippen molar-refractivity contribution in [3.8, 4) is 0 Å². The summed E-state index contributed by atoms with van der Waals surface area (Å²) in [7, 11) is 0. The van der Waals surface area contributed by atoms with E-state index < -0.39 is 0 Å². The van der Waals surface area contributed by atoms with E-state index in [1.165, 1.54) is 5.39 Å². The van der Waals surface area contributed by atoms with Crippen molar-refractivity contribution in [1.29, 1.82) is 0 Å². The number of fused-ring (bicyclic) bond motifs is 1. The van der Waals surface area contributed by atoms with Crippen molar-refractivity contribution in [2.24, 2.45) is 0 Å². The Morgan fingerprint density at radius 1 is 0.941 bits per heavy atom. The van der Waals surface area contributed by atoms with Crippen LogP contribution in [-0.2, 0) is 0 Å². The van der Waals surface area contributed by atoms with E-state index in [0.29, 0.717) is 0 Å². The van der Waals surface area contributed by atoms with E-state index in [0.717, 1.165) is 22.7 Å².